The number of piperidine rings is 3. The molecule has 3 saturated heterocycles. The molecule has 1 unspecified atom stereocenters. The molecule has 3 fully saturated rings. The van der Waals surface area contributed by atoms with Crippen LogP contribution in [0.2, 0.25) is 5.02 Å². The molecule has 4 nitrogen and oxygen atoms in total. The van der Waals surface area contributed by atoms with E-state index < -0.39 is 0 Å². The highest BCUT2D eigenvalue weighted by atomic mass is 35.5. The van der Waals surface area contributed by atoms with E-state index in [1.54, 1.807) is 6.07 Å². The van der Waals surface area contributed by atoms with Gasteiger partial charge >= 0.3 is 0 Å². The molecule has 26 heavy (non-hydrogen) atoms. The molecule has 2 bridgehead atoms. The summed E-state index contributed by atoms with van der Waals surface area (Å²) in [5.74, 6) is 1.32. The summed E-state index contributed by atoms with van der Waals surface area (Å²) < 4.78 is 6.45. The summed E-state index contributed by atoms with van der Waals surface area (Å²) in [6.07, 6.45) is 6.16. The van der Waals surface area contributed by atoms with Crippen molar-refractivity contribution in [2.45, 2.75) is 64.0 Å². The number of aryl methyl sites for hydroxylation is 1. The van der Waals surface area contributed by atoms with Crippen LogP contribution in [0.15, 0.2) is 12.1 Å². The number of carbonyl (C=O) groups is 1. The number of carbonyl (C=O) groups excluding carboxylic acids is 1. The van der Waals surface area contributed by atoms with Gasteiger partial charge in [-0.15, -0.1) is 0 Å². The Balaban J connectivity index is 1.60. The van der Waals surface area contributed by atoms with Gasteiger partial charge in [0.15, 0.2) is 0 Å². The van der Waals surface area contributed by atoms with Gasteiger partial charge in [0.2, 0.25) is 0 Å². The van der Waals surface area contributed by atoms with Gasteiger partial charge < -0.3 is 15.0 Å². The van der Waals surface area contributed by atoms with Crippen LogP contribution in [0.4, 0.5) is 0 Å². The van der Waals surface area contributed by atoms with Gasteiger partial charge in [-0.05, 0) is 75.2 Å². The largest absolute Gasteiger partial charge is 0.486 e. The second-order valence-corrected chi connectivity index (χ2v) is 8.59. The molecule has 0 aliphatic carbocycles. The van der Waals surface area contributed by atoms with E-state index in [-0.39, 0.29) is 17.6 Å². The molecule has 0 radical (unpaired) electrons. The van der Waals surface area contributed by atoms with Crippen LogP contribution in [-0.2, 0) is 6.42 Å². The zero-order chi connectivity index (χ0) is 18.3. The summed E-state index contributed by atoms with van der Waals surface area (Å²) in [5, 5.41) is 3.91. The van der Waals surface area contributed by atoms with Crippen LogP contribution in [-0.4, -0.2) is 42.1 Å². The van der Waals surface area contributed by atoms with Gasteiger partial charge in [-0.2, -0.15) is 0 Å². The van der Waals surface area contributed by atoms with Crippen LogP contribution in [0.1, 0.15) is 61.9 Å². The van der Waals surface area contributed by atoms with Crippen molar-refractivity contribution in [3.63, 3.8) is 0 Å². The molecule has 1 atom stereocenters. The average molecular weight is 377 g/mol. The summed E-state index contributed by atoms with van der Waals surface area (Å²) in [7, 11) is 0. The van der Waals surface area contributed by atoms with Crippen molar-refractivity contribution in [1.82, 2.24) is 10.2 Å². The number of fused-ring (bicyclic) bond motifs is 4. The molecule has 0 aromatic heterocycles. The predicted molar refractivity (Wildman–Crippen MR) is 104 cm³/mol. The molecule has 0 spiro atoms. The molecular weight excluding hydrogens is 348 g/mol. The number of rotatable bonds is 4. The lowest BCUT2D eigenvalue weighted by Gasteiger charge is -2.45. The second kappa shape index (κ2) is 7.05. The number of halogens is 1. The zero-order valence-corrected chi connectivity index (χ0v) is 16.6. The number of nitrogens with zero attached hydrogens (tertiary/aromatic N) is 1. The summed E-state index contributed by atoms with van der Waals surface area (Å²) in [4.78, 5) is 15.6. The quantitative estimate of drug-likeness (QED) is 0.861. The van der Waals surface area contributed by atoms with E-state index in [2.05, 4.69) is 24.1 Å². The van der Waals surface area contributed by atoms with Gasteiger partial charge in [-0.3, -0.25) is 4.79 Å². The number of benzene rings is 1. The zero-order valence-electron chi connectivity index (χ0n) is 15.8. The second-order valence-electron chi connectivity index (χ2n) is 8.15. The van der Waals surface area contributed by atoms with Crippen LogP contribution < -0.4 is 10.1 Å². The van der Waals surface area contributed by atoms with Gasteiger partial charge in [-0.25, -0.2) is 0 Å². The van der Waals surface area contributed by atoms with Gasteiger partial charge in [0.25, 0.3) is 5.91 Å². The molecule has 142 valence electrons. The molecule has 4 heterocycles. The van der Waals surface area contributed by atoms with Crippen molar-refractivity contribution in [1.29, 1.82) is 0 Å². The molecule has 5 heteroatoms. The summed E-state index contributed by atoms with van der Waals surface area (Å²) in [6.45, 7) is 7.63. The number of hydrogen-bond donors (Lipinski definition) is 1. The first-order valence-electron chi connectivity index (χ1n) is 10.1. The minimum absolute atomic E-state index is 0.0366. The third-order valence-corrected chi connectivity index (χ3v) is 7.02. The fraction of sp³-hybridized carbons (Fsp3) is 0.667. The van der Waals surface area contributed by atoms with Crippen LogP contribution in [0.3, 0.4) is 0 Å². The van der Waals surface area contributed by atoms with Crippen LogP contribution in [0, 0.1) is 5.92 Å². The Bertz CT molecular complexity index is 693. The number of nitrogens with one attached hydrogen (secondary N) is 1. The smallest absolute Gasteiger partial charge is 0.255 e. The van der Waals surface area contributed by atoms with Crippen molar-refractivity contribution < 1.29 is 9.53 Å². The maximum atomic E-state index is 13.1. The molecule has 1 aromatic rings. The summed E-state index contributed by atoms with van der Waals surface area (Å²) in [6, 6.07) is 3.97. The maximum absolute atomic E-state index is 13.1. The van der Waals surface area contributed by atoms with E-state index in [0.29, 0.717) is 16.5 Å². The van der Waals surface area contributed by atoms with Crippen molar-refractivity contribution in [3.8, 4) is 5.75 Å². The monoisotopic (exact) mass is 376 g/mol. The molecule has 1 amide bonds. The van der Waals surface area contributed by atoms with E-state index >= 15 is 0 Å². The third-order valence-electron chi connectivity index (χ3n) is 6.81. The Morgan fingerprint density at radius 2 is 2.04 bits per heavy atom. The minimum atomic E-state index is -0.161. The molecule has 4 aliphatic heterocycles. The Morgan fingerprint density at radius 1 is 1.31 bits per heavy atom. The fourth-order valence-corrected chi connectivity index (χ4v) is 5.12. The van der Waals surface area contributed by atoms with Gasteiger partial charge in [0, 0.05) is 17.6 Å². The summed E-state index contributed by atoms with van der Waals surface area (Å²) >= 11 is 6.33. The first-order chi connectivity index (χ1) is 12.5. The Morgan fingerprint density at radius 3 is 2.65 bits per heavy atom. The SMILES string of the molecule is CCC1(CC)CCc2cc(Cl)cc(C(=O)NC3CN4CCC3CC4)c2O1. The highest BCUT2D eigenvalue weighted by Gasteiger charge is 2.38. The predicted octanol–water partition coefficient (Wildman–Crippen LogP) is 4.05. The Kier molecular flexibility index (Phi) is 4.91. The van der Waals surface area contributed by atoms with Crippen molar-refractivity contribution >= 4 is 17.5 Å². The van der Waals surface area contributed by atoms with Gasteiger partial charge in [0.05, 0.1) is 5.56 Å². The van der Waals surface area contributed by atoms with Gasteiger partial charge in [-0.1, -0.05) is 25.4 Å². The first kappa shape index (κ1) is 18.1. The van der Waals surface area contributed by atoms with E-state index in [1.807, 2.05) is 6.07 Å². The van der Waals surface area contributed by atoms with E-state index in [0.717, 1.165) is 43.5 Å². The number of amides is 1. The Labute approximate surface area is 161 Å². The standard InChI is InChI=1S/C21H29ClN2O2/c1-3-21(4-2)8-5-15-11-16(22)12-17(19(15)26-21)20(25)23-18-13-24-9-6-14(18)7-10-24/h11-12,14,18H,3-10,13H2,1-2H3,(H,23,25). The maximum Gasteiger partial charge on any atom is 0.255 e. The summed E-state index contributed by atoms with van der Waals surface area (Å²) in [5.41, 5.74) is 1.51. The lowest BCUT2D eigenvalue weighted by Crippen LogP contribution is -2.57. The lowest BCUT2D eigenvalue weighted by atomic mass is 9.83. The Hall–Kier alpha value is -1.26. The van der Waals surface area contributed by atoms with Crippen molar-refractivity contribution in [2.75, 3.05) is 19.6 Å². The molecular formula is C21H29ClN2O2. The molecule has 4 aliphatic rings. The average Bonchev–Trinajstić information content (AvgIpc) is 2.68. The van der Waals surface area contributed by atoms with Crippen LogP contribution >= 0.6 is 11.6 Å². The van der Waals surface area contributed by atoms with E-state index in [4.69, 9.17) is 16.3 Å². The number of ether oxygens (including phenoxy) is 1. The van der Waals surface area contributed by atoms with Crippen molar-refractivity contribution in [3.05, 3.63) is 28.3 Å². The lowest BCUT2D eigenvalue weighted by molar-refractivity contribution is 0.0363. The van der Waals surface area contributed by atoms with Crippen molar-refractivity contribution in [2.24, 2.45) is 5.92 Å². The highest BCUT2D eigenvalue weighted by molar-refractivity contribution is 6.31. The van der Waals surface area contributed by atoms with E-state index in [9.17, 15) is 4.79 Å². The molecule has 5 rings (SSSR count). The normalized spacial score (nSPS) is 29.0. The van der Waals surface area contributed by atoms with E-state index in [1.165, 1.54) is 25.9 Å². The number of hydrogen-bond acceptors (Lipinski definition) is 3. The van der Waals surface area contributed by atoms with Gasteiger partial charge in [0.1, 0.15) is 11.4 Å². The highest BCUT2D eigenvalue weighted by Crippen LogP contribution is 2.41. The third kappa shape index (κ3) is 3.22. The first-order valence-corrected chi connectivity index (χ1v) is 10.5. The topological polar surface area (TPSA) is 41.6 Å². The van der Waals surface area contributed by atoms with Crippen LogP contribution in [0.5, 0.6) is 5.75 Å². The fourth-order valence-electron chi connectivity index (χ4n) is 4.88. The molecule has 1 aromatic carbocycles. The minimum Gasteiger partial charge on any atom is -0.486 e. The van der Waals surface area contributed by atoms with Crippen LogP contribution in [0.25, 0.3) is 0 Å². The molecule has 1 N–H and O–H groups in total. The molecule has 0 saturated carbocycles.